The van der Waals surface area contributed by atoms with Gasteiger partial charge in [-0.1, -0.05) is 68.9 Å². The van der Waals surface area contributed by atoms with Gasteiger partial charge in [-0.05, 0) is 55.2 Å². The van der Waals surface area contributed by atoms with Crippen LogP contribution in [-0.2, 0) is 27.9 Å². The number of hydrogen-bond donors (Lipinski definition) is 5. The molecule has 0 spiro atoms. The van der Waals surface area contributed by atoms with Gasteiger partial charge in [0.25, 0.3) is 16.0 Å². The molecule has 0 atom stereocenters. The van der Waals surface area contributed by atoms with E-state index in [1.807, 2.05) is 7.05 Å². The van der Waals surface area contributed by atoms with Crippen LogP contribution in [0.4, 0.5) is 11.5 Å². The summed E-state index contributed by atoms with van der Waals surface area (Å²) in [5.74, 6) is -0.00381. The minimum atomic E-state index is -4.39. The van der Waals surface area contributed by atoms with Crippen LogP contribution in [0.1, 0.15) is 84.8 Å². The summed E-state index contributed by atoms with van der Waals surface area (Å²) in [7, 11) is -2.46. The van der Waals surface area contributed by atoms with Crippen molar-refractivity contribution in [2.75, 3.05) is 30.9 Å². The third-order valence-corrected chi connectivity index (χ3v) is 9.45. The normalized spacial score (nSPS) is 11.3. The molecule has 5 N–H and O–H groups in total. The SMILES string of the molecule is CNc1ccc(C[n+]2ccc(CCCCCCCCCCC(=O)NCCNC(=O)c3ccc(N/N=C/c4ccccc4S(=O)(=O)O)nc3)cc2)cc1. The van der Waals surface area contributed by atoms with E-state index in [1.165, 1.54) is 73.8 Å². The van der Waals surface area contributed by atoms with E-state index in [4.69, 9.17) is 0 Å². The molecule has 0 aliphatic carbocycles. The van der Waals surface area contributed by atoms with Gasteiger partial charge in [-0.2, -0.15) is 13.5 Å². The number of pyridine rings is 2. The van der Waals surface area contributed by atoms with Crippen molar-refractivity contribution in [2.45, 2.75) is 75.6 Å². The van der Waals surface area contributed by atoms with E-state index in [2.05, 4.69) is 84.8 Å². The van der Waals surface area contributed by atoms with Crippen LogP contribution in [0.2, 0.25) is 0 Å². The van der Waals surface area contributed by atoms with Gasteiger partial charge < -0.3 is 16.0 Å². The van der Waals surface area contributed by atoms with Crippen LogP contribution in [0.5, 0.6) is 0 Å². The third-order valence-electron chi connectivity index (χ3n) is 8.53. The van der Waals surface area contributed by atoms with Gasteiger partial charge >= 0.3 is 0 Å². The lowest BCUT2D eigenvalue weighted by molar-refractivity contribution is -0.688. The van der Waals surface area contributed by atoms with Gasteiger partial charge in [0.2, 0.25) is 5.91 Å². The highest BCUT2D eigenvalue weighted by Gasteiger charge is 2.13. The molecule has 0 radical (unpaired) electrons. The number of benzene rings is 2. The Bertz CT molecular complexity index is 1830. The summed E-state index contributed by atoms with van der Waals surface area (Å²) in [6, 6.07) is 22.0. The summed E-state index contributed by atoms with van der Waals surface area (Å²) in [4.78, 5) is 28.5. The Labute approximate surface area is 306 Å². The maximum atomic E-state index is 12.4. The standard InChI is InChI=1S/C39H49N7O5S/c1-40-35-19-16-32(17-20-35)30-46-26-22-31(23-27-46)12-8-6-4-2-3-5-7-9-15-38(47)41-24-25-42-39(48)34-18-21-37(43-28-34)45-44-29-33-13-10-11-14-36(33)52(49,50)51/h10-11,13-14,16-23,26-29,40H,2-9,12,15,24-25,30H2,1H3,(H3-,41,42,43,45,47,48,49,50,51)/p+1/b44-29+. The second-order valence-electron chi connectivity index (χ2n) is 12.6. The molecule has 4 rings (SSSR count). The molecule has 13 heteroatoms. The Morgan fingerprint density at radius 1 is 0.808 bits per heavy atom. The summed E-state index contributed by atoms with van der Waals surface area (Å²) in [6.45, 7) is 1.50. The first kappa shape index (κ1) is 39.6. The summed E-state index contributed by atoms with van der Waals surface area (Å²) >= 11 is 0. The summed E-state index contributed by atoms with van der Waals surface area (Å²) in [5, 5.41) is 12.7. The van der Waals surface area contributed by atoms with E-state index >= 15 is 0 Å². The number of carbonyl (C=O) groups is 2. The van der Waals surface area contributed by atoms with Crippen molar-refractivity contribution in [1.82, 2.24) is 15.6 Å². The Kier molecular flexibility index (Phi) is 16.2. The number of anilines is 2. The predicted octanol–water partition coefficient (Wildman–Crippen LogP) is 5.75. The van der Waals surface area contributed by atoms with Crippen molar-refractivity contribution in [3.63, 3.8) is 0 Å². The van der Waals surface area contributed by atoms with Gasteiger partial charge in [0, 0.05) is 61.7 Å². The van der Waals surface area contributed by atoms with E-state index in [0.29, 0.717) is 30.9 Å². The van der Waals surface area contributed by atoms with E-state index in [9.17, 15) is 22.6 Å². The topological polar surface area (TPSA) is 166 Å². The molecule has 2 aromatic carbocycles. The number of aromatic nitrogens is 2. The number of hydrazone groups is 1. The number of carbonyl (C=O) groups excluding carboxylic acids is 2. The molecule has 276 valence electrons. The van der Waals surface area contributed by atoms with Crippen molar-refractivity contribution in [3.8, 4) is 0 Å². The Morgan fingerprint density at radius 3 is 2.15 bits per heavy atom. The van der Waals surface area contributed by atoms with Crippen LogP contribution in [0, 0.1) is 0 Å². The van der Waals surface area contributed by atoms with Crippen LogP contribution in [0.15, 0.2) is 101 Å². The molecule has 0 saturated heterocycles. The molecule has 0 bridgehead atoms. The van der Waals surface area contributed by atoms with Crippen LogP contribution >= 0.6 is 0 Å². The molecule has 0 fully saturated rings. The zero-order chi connectivity index (χ0) is 37.0. The van der Waals surface area contributed by atoms with Gasteiger partial charge in [-0.3, -0.25) is 19.6 Å². The number of unbranched alkanes of at least 4 members (excludes halogenated alkanes) is 7. The van der Waals surface area contributed by atoms with Gasteiger partial charge in [-0.25, -0.2) is 9.55 Å². The third kappa shape index (κ3) is 14.2. The number of hydrogen-bond acceptors (Lipinski definition) is 8. The smallest absolute Gasteiger partial charge is 0.295 e. The highest BCUT2D eigenvalue weighted by Crippen LogP contribution is 2.14. The highest BCUT2D eigenvalue weighted by molar-refractivity contribution is 7.86. The van der Waals surface area contributed by atoms with E-state index in [-0.39, 0.29) is 22.3 Å². The first-order valence-corrected chi connectivity index (χ1v) is 19.3. The number of rotatable bonds is 22. The van der Waals surface area contributed by atoms with E-state index < -0.39 is 10.1 Å². The Hall–Kier alpha value is -5.14. The van der Waals surface area contributed by atoms with Crippen LogP contribution in [0.25, 0.3) is 0 Å². The Balaban J connectivity index is 0.972. The lowest BCUT2D eigenvalue weighted by Crippen LogP contribution is -2.34. The van der Waals surface area contributed by atoms with Crippen LogP contribution in [-0.4, -0.2) is 56.1 Å². The largest absolute Gasteiger partial charge is 0.388 e. The molecular formula is C39H50N7O5S+. The average molecular weight is 729 g/mol. The summed E-state index contributed by atoms with van der Waals surface area (Å²) in [6.07, 6.45) is 17.7. The molecule has 0 saturated carbocycles. The first-order valence-electron chi connectivity index (χ1n) is 17.8. The Morgan fingerprint density at radius 2 is 1.48 bits per heavy atom. The fraction of sp³-hybridized carbons (Fsp3) is 0.359. The summed E-state index contributed by atoms with van der Waals surface area (Å²) < 4.78 is 34.5. The van der Waals surface area contributed by atoms with Crippen molar-refractivity contribution >= 4 is 39.7 Å². The number of amides is 2. The number of aryl methyl sites for hydroxylation is 1. The molecular weight excluding hydrogens is 679 g/mol. The molecule has 52 heavy (non-hydrogen) atoms. The minimum absolute atomic E-state index is 0.0132. The average Bonchev–Trinajstić information content (AvgIpc) is 3.15. The molecule has 0 unspecified atom stereocenters. The van der Waals surface area contributed by atoms with Crippen molar-refractivity contribution in [2.24, 2.45) is 5.10 Å². The van der Waals surface area contributed by atoms with Gasteiger partial charge in [0.05, 0.1) is 11.8 Å². The van der Waals surface area contributed by atoms with Crippen LogP contribution < -0.4 is 25.9 Å². The second-order valence-corrected chi connectivity index (χ2v) is 14.0. The zero-order valence-electron chi connectivity index (χ0n) is 29.8. The van der Waals surface area contributed by atoms with E-state index in [0.717, 1.165) is 37.9 Å². The van der Waals surface area contributed by atoms with Gasteiger partial charge in [0.15, 0.2) is 18.9 Å². The molecule has 2 heterocycles. The number of nitrogens with zero attached hydrogens (tertiary/aromatic N) is 3. The molecule has 0 aliphatic rings. The molecule has 0 aliphatic heterocycles. The van der Waals surface area contributed by atoms with Crippen LogP contribution in [0.3, 0.4) is 0 Å². The maximum absolute atomic E-state index is 12.4. The second kappa shape index (κ2) is 21.3. The predicted molar refractivity (Wildman–Crippen MR) is 204 cm³/mol. The summed E-state index contributed by atoms with van der Waals surface area (Å²) in [5.41, 5.74) is 6.99. The van der Waals surface area contributed by atoms with Gasteiger partial charge in [0.1, 0.15) is 10.7 Å². The molecule has 2 aromatic heterocycles. The minimum Gasteiger partial charge on any atom is -0.388 e. The van der Waals surface area contributed by atoms with Gasteiger partial charge in [-0.15, -0.1) is 0 Å². The zero-order valence-corrected chi connectivity index (χ0v) is 30.6. The fourth-order valence-electron chi connectivity index (χ4n) is 5.58. The fourth-order valence-corrected chi connectivity index (χ4v) is 6.25. The van der Waals surface area contributed by atoms with Crippen molar-refractivity contribution in [1.29, 1.82) is 0 Å². The van der Waals surface area contributed by atoms with E-state index in [1.54, 1.807) is 18.2 Å². The maximum Gasteiger partial charge on any atom is 0.295 e. The van der Waals surface area contributed by atoms with Crippen molar-refractivity contribution in [3.05, 3.63) is 114 Å². The lowest BCUT2D eigenvalue weighted by Gasteiger charge is -2.08. The monoisotopic (exact) mass is 728 g/mol. The number of nitrogens with one attached hydrogen (secondary N) is 4. The molecule has 4 aromatic rings. The molecule has 2 amide bonds. The first-order chi connectivity index (χ1) is 25.2. The molecule has 12 nitrogen and oxygen atoms in total. The highest BCUT2D eigenvalue weighted by atomic mass is 32.2. The van der Waals surface area contributed by atoms with Crippen molar-refractivity contribution < 1.29 is 27.1 Å². The lowest BCUT2D eigenvalue weighted by atomic mass is 10.0. The quantitative estimate of drug-likeness (QED) is 0.0224.